The summed E-state index contributed by atoms with van der Waals surface area (Å²) in [4.78, 5) is 6.65. The first kappa shape index (κ1) is 14.3. The molecule has 0 unspecified atom stereocenters. The van der Waals surface area contributed by atoms with Crippen LogP contribution in [-0.2, 0) is 4.74 Å². The Bertz CT molecular complexity index is 482. The van der Waals surface area contributed by atoms with E-state index in [4.69, 9.17) is 10.00 Å². The summed E-state index contributed by atoms with van der Waals surface area (Å²) in [6, 6.07) is 5.87. The largest absolute Gasteiger partial charge is 0.375 e. The van der Waals surface area contributed by atoms with Crippen molar-refractivity contribution in [1.29, 1.82) is 5.26 Å². The van der Waals surface area contributed by atoms with Gasteiger partial charge in [0.2, 0.25) is 0 Å². The van der Waals surface area contributed by atoms with E-state index in [1.165, 1.54) is 0 Å². The van der Waals surface area contributed by atoms with Crippen molar-refractivity contribution in [3.05, 3.63) is 23.9 Å². The number of nitriles is 1. The molecule has 0 radical (unpaired) electrons. The molecule has 0 saturated carbocycles. The number of hydrogen-bond donors (Lipinski definition) is 1. The number of rotatable bonds is 3. The monoisotopic (exact) mass is 286 g/mol. The lowest BCUT2D eigenvalue weighted by molar-refractivity contribution is -0.0364. The maximum absolute atomic E-state index is 8.80. The number of piperidine rings is 2. The lowest BCUT2D eigenvalue weighted by Crippen LogP contribution is -2.41. The van der Waals surface area contributed by atoms with Crippen LogP contribution in [0.3, 0.4) is 0 Å². The van der Waals surface area contributed by atoms with Crippen LogP contribution < -0.4 is 10.2 Å². The van der Waals surface area contributed by atoms with Crippen LogP contribution in [0.15, 0.2) is 18.3 Å². The van der Waals surface area contributed by atoms with E-state index >= 15 is 0 Å². The highest BCUT2D eigenvalue weighted by Gasteiger charge is 2.24. The van der Waals surface area contributed by atoms with Gasteiger partial charge in [0.1, 0.15) is 11.9 Å². The number of pyridine rings is 1. The third-order valence-electron chi connectivity index (χ3n) is 4.31. The van der Waals surface area contributed by atoms with Crippen LogP contribution in [0, 0.1) is 11.3 Å². The fourth-order valence-corrected chi connectivity index (χ4v) is 3.06. The van der Waals surface area contributed by atoms with Gasteiger partial charge in [-0.15, -0.1) is 0 Å². The molecule has 5 heteroatoms. The van der Waals surface area contributed by atoms with E-state index in [0.29, 0.717) is 17.8 Å². The molecular weight excluding hydrogens is 264 g/mol. The zero-order valence-electron chi connectivity index (χ0n) is 12.3. The summed E-state index contributed by atoms with van der Waals surface area (Å²) in [7, 11) is 0. The Kier molecular flexibility index (Phi) is 4.69. The van der Waals surface area contributed by atoms with Crippen LogP contribution in [0.25, 0.3) is 0 Å². The molecule has 1 aromatic rings. The lowest BCUT2D eigenvalue weighted by Gasteiger charge is -2.35. The summed E-state index contributed by atoms with van der Waals surface area (Å²) in [6.07, 6.45) is 6.87. The smallest absolute Gasteiger partial charge is 0.128 e. The molecule has 5 nitrogen and oxygen atoms in total. The molecule has 0 bridgehead atoms. The van der Waals surface area contributed by atoms with Crippen molar-refractivity contribution in [3.63, 3.8) is 0 Å². The molecule has 0 atom stereocenters. The Labute approximate surface area is 125 Å². The van der Waals surface area contributed by atoms with Crippen molar-refractivity contribution in [3.8, 4) is 6.07 Å². The predicted octanol–water partition coefficient (Wildman–Crippen LogP) is 1.69. The van der Waals surface area contributed by atoms with Gasteiger partial charge in [0.05, 0.1) is 17.8 Å². The van der Waals surface area contributed by atoms with Gasteiger partial charge in [-0.05, 0) is 50.9 Å². The van der Waals surface area contributed by atoms with Crippen molar-refractivity contribution in [2.75, 3.05) is 31.1 Å². The first-order valence-corrected chi connectivity index (χ1v) is 7.82. The molecule has 2 aliphatic heterocycles. The fraction of sp³-hybridized carbons (Fsp3) is 0.625. The molecule has 0 spiro atoms. The van der Waals surface area contributed by atoms with Crippen molar-refractivity contribution in [2.24, 2.45) is 0 Å². The van der Waals surface area contributed by atoms with Crippen LogP contribution >= 0.6 is 0 Å². The molecule has 3 heterocycles. The van der Waals surface area contributed by atoms with Crippen LogP contribution in [0.2, 0.25) is 0 Å². The van der Waals surface area contributed by atoms with Gasteiger partial charge in [0.15, 0.2) is 0 Å². The topological polar surface area (TPSA) is 61.2 Å². The highest BCUT2D eigenvalue weighted by Crippen LogP contribution is 2.22. The standard InChI is InChI=1S/C16H22N4O/c17-11-13-1-2-16(19-12-13)20-9-5-15(6-10-20)21-14-3-7-18-8-4-14/h1-2,12,14-15,18H,3-10H2. The summed E-state index contributed by atoms with van der Waals surface area (Å²) in [5, 5.41) is 12.2. The van der Waals surface area contributed by atoms with E-state index in [0.717, 1.165) is 57.7 Å². The molecule has 2 fully saturated rings. The summed E-state index contributed by atoms with van der Waals surface area (Å²) >= 11 is 0. The van der Waals surface area contributed by atoms with E-state index in [-0.39, 0.29) is 0 Å². The maximum Gasteiger partial charge on any atom is 0.128 e. The van der Waals surface area contributed by atoms with Crippen molar-refractivity contribution < 1.29 is 4.74 Å². The van der Waals surface area contributed by atoms with Gasteiger partial charge in [0.25, 0.3) is 0 Å². The molecule has 0 amide bonds. The third kappa shape index (κ3) is 3.72. The van der Waals surface area contributed by atoms with Gasteiger partial charge in [-0.3, -0.25) is 0 Å². The number of nitrogens with one attached hydrogen (secondary N) is 1. The first-order valence-electron chi connectivity index (χ1n) is 7.82. The average Bonchev–Trinajstić information content (AvgIpc) is 2.57. The third-order valence-corrected chi connectivity index (χ3v) is 4.31. The highest BCUT2D eigenvalue weighted by atomic mass is 16.5. The highest BCUT2D eigenvalue weighted by molar-refractivity contribution is 5.42. The summed E-state index contributed by atoms with van der Waals surface area (Å²) < 4.78 is 6.22. The van der Waals surface area contributed by atoms with Crippen LogP contribution in [0.1, 0.15) is 31.2 Å². The Morgan fingerprint density at radius 2 is 1.86 bits per heavy atom. The molecule has 21 heavy (non-hydrogen) atoms. The van der Waals surface area contributed by atoms with Crippen LogP contribution in [0.4, 0.5) is 5.82 Å². The minimum Gasteiger partial charge on any atom is -0.375 e. The summed E-state index contributed by atoms with van der Waals surface area (Å²) in [5.41, 5.74) is 0.614. The summed E-state index contributed by atoms with van der Waals surface area (Å²) in [5.74, 6) is 0.967. The molecule has 0 aliphatic carbocycles. The molecule has 0 aromatic carbocycles. The Balaban J connectivity index is 1.49. The molecule has 1 aromatic heterocycles. The molecular formula is C16H22N4O. The van der Waals surface area contributed by atoms with E-state index in [1.54, 1.807) is 6.20 Å². The van der Waals surface area contributed by atoms with E-state index in [2.05, 4.69) is 21.3 Å². The first-order chi connectivity index (χ1) is 10.3. The zero-order chi connectivity index (χ0) is 14.5. The lowest BCUT2D eigenvalue weighted by atomic mass is 10.1. The summed E-state index contributed by atoms with van der Waals surface area (Å²) in [6.45, 7) is 4.13. The normalized spacial score (nSPS) is 21.2. The SMILES string of the molecule is N#Cc1ccc(N2CCC(OC3CCNCC3)CC2)nc1. The maximum atomic E-state index is 8.80. The number of aromatic nitrogens is 1. The molecule has 2 aliphatic rings. The van der Waals surface area contributed by atoms with Gasteiger partial charge in [0, 0.05) is 19.3 Å². The van der Waals surface area contributed by atoms with Gasteiger partial charge in [-0.25, -0.2) is 4.98 Å². The minimum atomic E-state index is 0.391. The van der Waals surface area contributed by atoms with Crippen LogP contribution in [0.5, 0.6) is 0 Å². The Morgan fingerprint density at radius 1 is 1.14 bits per heavy atom. The molecule has 1 N–H and O–H groups in total. The van der Waals surface area contributed by atoms with Crippen molar-refractivity contribution in [2.45, 2.75) is 37.9 Å². The number of nitrogens with zero attached hydrogens (tertiary/aromatic N) is 3. The second-order valence-corrected chi connectivity index (χ2v) is 5.79. The van der Waals surface area contributed by atoms with Crippen LogP contribution in [-0.4, -0.2) is 43.4 Å². The zero-order valence-corrected chi connectivity index (χ0v) is 12.3. The van der Waals surface area contributed by atoms with Crippen molar-refractivity contribution >= 4 is 5.82 Å². The second-order valence-electron chi connectivity index (χ2n) is 5.79. The quantitative estimate of drug-likeness (QED) is 0.916. The fourth-order valence-electron chi connectivity index (χ4n) is 3.06. The van der Waals surface area contributed by atoms with E-state index < -0.39 is 0 Å². The predicted molar refractivity (Wildman–Crippen MR) is 81.2 cm³/mol. The number of hydrogen-bond acceptors (Lipinski definition) is 5. The minimum absolute atomic E-state index is 0.391. The molecule has 112 valence electrons. The second kappa shape index (κ2) is 6.88. The van der Waals surface area contributed by atoms with Gasteiger partial charge in [-0.2, -0.15) is 5.26 Å². The van der Waals surface area contributed by atoms with E-state index in [1.807, 2.05) is 12.1 Å². The number of anilines is 1. The van der Waals surface area contributed by atoms with E-state index in [9.17, 15) is 0 Å². The number of ether oxygens (including phenoxy) is 1. The van der Waals surface area contributed by atoms with Gasteiger partial charge >= 0.3 is 0 Å². The Morgan fingerprint density at radius 3 is 2.48 bits per heavy atom. The van der Waals surface area contributed by atoms with Gasteiger partial charge < -0.3 is 15.0 Å². The molecule has 3 rings (SSSR count). The van der Waals surface area contributed by atoms with Crippen molar-refractivity contribution in [1.82, 2.24) is 10.3 Å². The van der Waals surface area contributed by atoms with Gasteiger partial charge in [-0.1, -0.05) is 0 Å². The average molecular weight is 286 g/mol. The Hall–Kier alpha value is -1.64. The molecule has 2 saturated heterocycles.